The molecular formula is C18H26N4O5S. The maximum Gasteiger partial charge on any atom is 0.254 e. The van der Waals surface area contributed by atoms with Crippen molar-refractivity contribution in [3.8, 4) is 0 Å². The lowest BCUT2D eigenvalue weighted by Crippen LogP contribution is -2.62. The smallest absolute Gasteiger partial charge is 0.254 e. The van der Waals surface area contributed by atoms with E-state index in [4.69, 9.17) is 4.74 Å². The molecule has 10 heteroatoms. The Morgan fingerprint density at radius 2 is 2.29 bits per heavy atom. The number of carbonyl (C=O) groups excluding carboxylic acids is 2. The van der Waals surface area contributed by atoms with Crippen LogP contribution in [0, 0.1) is 5.92 Å². The van der Waals surface area contributed by atoms with Crippen molar-refractivity contribution < 1.29 is 22.7 Å². The summed E-state index contributed by atoms with van der Waals surface area (Å²) in [6.07, 6.45) is 3.98. The summed E-state index contributed by atoms with van der Waals surface area (Å²) in [5.41, 5.74) is -0.516. The first kappa shape index (κ1) is 20.7. The van der Waals surface area contributed by atoms with Crippen molar-refractivity contribution in [2.45, 2.75) is 31.1 Å². The zero-order valence-electron chi connectivity index (χ0n) is 16.1. The van der Waals surface area contributed by atoms with Crippen LogP contribution in [0.3, 0.4) is 0 Å². The molecule has 2 atom stereocenters. The summed E-state index contributed by atoms with van der Waals surface area (Å²) in [5, 5.41) is 4.88. The van der Waals surface area contributed by atoms with Crippen molar-refractivity contribution in [1.82, 2.24) is 19.9 Å². The van der Waals surface area contributed by atoms with Gasteiger partial charge in [0.15, 0.2) is 5.60 Å². The van der Waals surface area contributed by atoms with Gasteiger partial charge in [-0.1, -0.05) is 6.07 Å². The molecule has 0 aromatic carbocycles. The third-order valence-electron chi connectivity index (χ3n) is 5.20. The summed E-state index contributed by atoms with van der Waals surface area (Å²) in [6, 6.07) is 3.73. The molecule has 0 unspecified atom stereocenters. The van der Waals surface area contributed by atoms with Gasteiger partial charge in [0.25, 0.3) is 5.91 Å². The van der Waals surface area contributed by atoms with Crippen molar-refractivity contribution >= 4 is 21.8 Å². The number of hydrogen-bond acceptors (Lipinski definition) is 6. The summed E-state index contributed by atoms with van der Waals surface area (Å²) >= 11 is 0. The zero-order chi connectivity index (χ0) is 20.4. The number of sulfonamides is 1. The van der Waals surface area contributed by atoms with Gasteiger partial charge in [0, 0.05) is 32.0 Å². The lowest BCUT2D eigenvalue weighted by Gasteiger charge is -2.36. The summed E-state index contributed by atoms with van der Waals surface area (Å²) in [5.74, 6) is -1.73. The van der Waals surface area contributed by atoms with Gasteiger partial charge in [-0.2, -0.15) is 4.31 Å². The highest BCUT2D eigenvalue weighted by Gasteiger charge is 2.59. The van der Waals surface area contributed by atoms with Crippen LogP contribution < -0.4 is 10.6 Å². The normalized spacial score (nSPS) is 25.8. The average Bonchev–Trinajstić information content (AvgIpc) is 3.06. The first-order valence-corrected chi connectivity index (χ1v) is 10.9. The molecule has 9 nitrogen and oxygen atoms in total. The maximum atomic E-state index is 12.9. The molecule has 0 saturated carbocycles. The predicted octanol–water partition coefficient (Wildman–Crippen LogP) is -0.704. The molecule has 0 aliphatic carbocycles. The van der Waals surface area contributed by atoms with E-state index in [-0.39, 0.29) is 25.6 Å². The van der Waals surface area contributed by atoms with Gasteiger partial charge < -0.3 is 15.4 Å². The van der Waals surface area contributed by atoms with Crippen LogP contribution in [-0.2, 0) is 30.8 Å². The highest BCUT2D eigenvalue weighted by atomic mass is 32.2. The number of morpholine rings is 1. The number of aromatic nitrogens is 1. The number of nitrogens with zero attached hydrogens (tertiary/aromatic N) is 2. The topological polar surface area (TPSA) is 118 Å². The lowest BCUT2D eigenvalue weighted by atomic mass is 9.87. The third kappa shape index (κ3) is 3.89. The second-order valence-electron chi connectivity index (χ2n) is 7.33. The molecule has 3 rings (SSSR count). The highest BCUT2D eigenvalue weighted by Crippen LogP contribution is 2.35. The molecule has 0 bridgehead atoms. The number of rotatable bonds is 6. The second kappa shape index (κ2) is 8.14. The summed E-state index contributed by atoms with van der Waals surface area (Å²) in [4.78, 5) is 29.5. The minimum Gasteiger partial charge on any atom is -0.361 e. The second-order valence-corrected chi connectivity index (χ2v) is 9.82. The van der Waals surface area contributed by atoms with Crippen LogP contribution in [0.5, 0.6) is 0 Å². The molecular weight excluding hydrogens is 384 g/mol. The van der Waals surface area contributed by atoms with E-state index in [2.05, 4.69) is 15.6 Å². The fourth-order valence-electron chi connectivity index (χ4n) is 3.56. The van der Waals surface area contributed by atoms with E-state index >= 15 is 0 Å². The fraction of sp³-hybridized carbons (Fsp3) is 0.611. The van der Waals surface area contributed by atoms with Crippen LogP contribution >= 0.6 is 0 Å². The molecule has 3 heterocycles. The molecule has 2 fully saturated rings. The van der Waals surface area contributed by atoms with Crippen molar-refractivity contribution in [3.63, 3.8) is 0 Å². The molecule has 2 saturated heterocycles. The third-order valence-corrected chi connectivity index (χ3v) is 7.39. The molecule has 154 valence electrons. The molecule has 2 amide bonds. The summed E-state index contributed by atoms with van der Waals surface area (Å²) < 4.78 is 32.2. The van der Waals surface area contributed by atoms with E-state index in [0.29, 0.717) is 19.5 Å². The molecule has 28 heavy (non-hydrogen) atoms. The van der Waals surface area contributed by atoms with Crippen molar-refractivity contribution in [2.24, 2.45) is 5.92 Å². The number of carbonyl (C=O) groups is 2. The van der Waals surface area contributed by atoms with Crippen LogP contribution in [0.2, 0.25) is 0 Å². The van der Waals surface area contributed by atoms with Gasteiger partial charge in [0.2, 0.25) is 15.9 Å². The molecule has 2 N–H and O–H groups in total. The van der Waals surface area contributed by atoms with Crippen LogP contribution in [0.25, 0.3) is 0 Å². The predicted molar refractivity (Wildman–Crippen MR) is 102 cm³/mol. The zero-order valence-corrected chi connectivity index (χ0v) is 16.9. The highest BCUT2D eigenvalue weighted by molar-refractivity contribution is 7.89. The lowest BCUT2D eigenvalue weighted by molar-refractivity contribution is -0.163. The van der Waals surface area contributed by atoms with Crippen LogP contribution in [-0.4, -0.2) is 73.2 Å². The molecule has 2 aliphatic heterocycles. The Morgan fingerprint density at radius 3 is 2.93 bits per heavy atom. The number of ether oxygens (including phenoxy) is 1. The van der Waals surface area contributed by atoms with Crippen molar-refractivity contribution in [3.05, 3.63) is 30.1 Å². The average molecular weight is 410 g/mol. The van der Waals surface area contributed by atoms with Gasteiger partial charge in [-0.05, 0) is 31.9 Å². The Labute approximate surface area is 164 Å². The first-order valence-electron chi connectivity index (χ1n) is 9.35. The van der Waals surface area contributed by atoms with E-state index in [1.807, 2.05) is 12.1 Å². The van der Waals surface area contributed by atoms with E-state index in [0.717, 1.165) is 5.56 Å². The standard InChI is InChI=1S/C18H26N4O5S/c1-13(2)28(25,26)22-11-15(18(12-22)17(24)21-8-9-27-18)16(23)20-7-5-14-4-3-6-19-10-14/h3-4,6,10,13,15H,5,7-9,11-12H2,1-2H3,(H,20,23)(H,21,24)/t15-,18-/m1/s1. The minimum atomic E-state index is -3.62. The van der Waals surface area contributed by atoms with Gasteiger partial charge in [-0.25, -0.2) is 8.42 Å². The molecule has 1 aromatic rings. The van der Waals surface area contributed by atoms with E-state index in [9.17, 15) is 18.0 Å². The van der Waals surface area contributed by atoms with Gasteiger partial charge in [-0.3, -0.25) is 14.6 Å². The van der Waals surface area contributed by atoms with Crippen LogP contribution in [0.1, 0.15) is 19.4 Å². The number of pyridine rings is 1. The number of nitrogens with one attached hydrogen (secondary N) is 2. The van der Waals surface area contributed by atoms with Gasteiger partial charge in [0.05, 0.1) is 24.3 Å². The largest absolute Gasteiger partial charge is 0.361 e. The Balaban J connectivity index is 1.75. The van der Waals surface area contributed by atoms with E-state index in [1.165, 1.54) is 4.31 Å². The molecule has 0 radical (unpaired) electrons. The molecule has 1 spiro atoms. The molecule has 1 aromatic heterocycles. The van der Waals surface area contributed by atoms with E-state index in [1.54, 1.807) is 26.2 Å². The SMILES string of the molecule is CC(C)S(=O)(=O)N1C[C@H](C(=O)NCCc2cccnc2)[C@@]2(C1)OCCNC2=O. The summed E-state index contributed by atoms with van der Waals surface area (Å²) in [6.45, 7) is 3.85. The minimum absolute atomic E-state index is 0.0767. The van der Waals surface area contributed by atoms with Gasteiger partial charge in [0.1, 0.15) is 0 Å². The van der Waals surface area contributed by atoms with Crippen LogP contribution in [0.15, 0.2) is 24.5 Å². The Kier molecular flexibility index (Phi) is 6.01. The number of hydrogen-bond donors (Lipinski definition) is 2. The summed E-state index contributed by atoms with van der Waals surface area (Å²) in [7, 11) is -3.62. The fourth-order valence-corrected chi connectivity index (χ4v) is 4.89. The van der Waals surface area contributed by atoms with Crippen LogP contribution in [0.4, 0.5) is 0 Å². The van der Waals surface area contributed by atoms with Crippen molar-refractivity contribution in [2.75, 3.05) is 32.8 Å². The van der Waals surface area contributed by atoms with Crippen molar-refractivity contribution in [1.29, 1.82) is 0 Å². The Hall–Kier alpha value is -2.04. The molecule has 2 aliphatic rings. The van der Waals surface area contributed by atoms with Gasteiger partial charge in [-0.15, -0.1) is 0 Å². The van der Waals surface area contributed by atoms with E-state index < -0.39 is 32.7 Å². The quantitative estimate of drug-likeness (QED) is 0.640. The van der Waals surface area contributed by atoms with Gasteiger partial charge >= 0.3 is 0 Å². The maximum absolute atomic E-state index is 12.9. The number of amides is 2. The first-order chi connectivity index (χ1) is 13.3. The Bertz CT molecular complexity index is 830. The monoisotopic (exact) mass is 410 g/mol. The Morgan fingerprint density at radius 1 is 1.50 bits per heavy atom.